The summed E-state index contributed by atoms with van der Waals surface area (Å²) in [6, 6.07) is 17.7. The molecule has 2 aromatic carbocycles. The van der Waals surface area contributed by atoms with E-state index in [-0.39, 0.29) is 5.78 Å². The molecule has 0 amide bonds. The van der Waals surface area contributed by atoms with Crippen LogP contribution in [-0.2, 0) is 0 Å². The molecule has 0 aliphatic carbocycles. The van der Waals surface area contributed by atoms with E-state index in [1.807, 2.05) is 62.4 Å². The van der Waals surface area contributed by atoms with Crippen LogP contribution >= 0.6 is 0 Å². The van der Waals surface area contributed by atoms with E-state index in [4.69, 9.17) is 0 Å². The van der Waals surface area contributed by atoms with Crippen molar-refractivity contribution in [1.29, 1.82) is 0 Å². The molecule has 0 radical (unpaired) electrons. The number of aromatic nitrogens is 1. The fraction of sp³-hybridized carbons (Fsp3) is 0.100. The summed E-state index contributed by atoms with van der Waals surface area (Å²) in [5.41, 5.74) is 5.47. The van der Waals surface area contributed by atoms with Crippen molar-refractivity contribution in [1.82, 2.24) is 4.98 Å². The molecule has 2 heteroatoms. The minimum atomic E-state index is 0.0127. The van der Waals surface area contributed by atoms with Crippen LogP contribution in [-0.4, -0.2) is 10.8 Å². The van der Waals surface area contributed by atoms with Crippen molar-refractivity contribution < 1.29 is 4.79 Å². The number of hydrogen-bond acceptors (Lipinski definition) is 2. The molecule has 0 atom stereocenters. The van der Waals surface area contributed by atoms with Gasteiger partial charge in [-0.05, 0) is 43.2 Å². The summed E-state index contributed by atoms with van der Waals surface area (Å²) < 4.78 is 0. The van der Waals surface area contributed by atoms with Gasteiger partial charge in [-0.3, -0.25) is 9.78 Å². The molecular formula is C20H17NO. The Morgan fingerprint density at radius 3 is 2.27 bits per heavy atom. The Kier molecular flexibility index (Phi) is 3.84. The molecule has 0 saturated heterocycles. The van der Waals surface area contributed by atoms with Crippen molar-refractivity contribution in [2.75, 3.05) is 0 Å². The zero-order valence-corrected chi connectivity index (χ0v) is 12.7. The summed E-state index contributed by atoms with van der Waals surface area (Å²) in [7, 11) is 0. The number of benzene rings is 2. The van der Waals surface area contributed by atoms with Crippen molar-refractivity contribution in [3.8, 4) is 11.1 Å². The number of nitrogens with zero attached hydrogens (tertiary/aromatic N) is 1. The van der Waals surface area contributed by atoms with Crippen LogP contribution in [0.3, 0.4) is 0 Å². The highest BCUT2D eigenvalue weighted by Crippen LogP contribution is 2.25. The molecule has 0 aliphatic heterocycles. The molecule has 2 nitrogen and oxygen atoms in total. The lowest BCUT2D eigenvalue weighted by Crippen LogP contribution is -2.05. The van der Waals surface area contributed by atoms with Gasteiger partial charge in [-0.2, -0.15) is 0 Å². The highest BCUT2D eigenvalue weighted by molar-refractivity contribution is 6.12. The standard InChI is InChI=1S/C20H17NO/c1-14-10-15(2)12-17(11-14)20(22)19-13-21-9-8-18(19)16-6-4-3-5-7-16/h3-13H,1-2H3. The summed E-state index contributed by atoms with van der Waals surface area (Å²) in [5.74, 6) is 0.0127. The van der Waals surface area contributed by atoms with Gasteiger partial charge in [0.25, 0.3) is 0 Å². The molecule has 22 heavy (non-hydrogen) atoms. The van der Waals surface area contributed by atoms with Crippen LogP contribution in [0, 0.1) is 13.8 Å². The van der Waals surface area contributed by atoms with Crippen molar-refractivity contribution >= 4 is 5.78 Å². The van der Waals surface area contributed by atoms with Crippen LogP contribution < -0.4 is 0 Å². The summed E-state index contributed by atoms with van der Waals surface area (Å²) in [4.78, 5) is 17.0. The second kappa shape index (κ2) is 5.94. The maximum absolute atomic E-state index is 12.9. The first-order valence-electron chi connectivity index (χ1n) is 7.27. The third-order valence-electron chi connectivity index (χ3n) is 3.63. The number of hydrogen-bond donors (Lipinski definition) is 0. The molecule has 1 heterocycles. The van der Waals surface area contributed by atoms with E-state index in [9.17, 15) is 4.79 Å². The fourth-order valence-electron chi connectivity index (χ4n) is 2.71. The van der Waals surface area contributed by atoms with Crippen LogP contribution in [0.25, 0.3) is 11.1 Å². The molecule has 3 aromatic rings. The molecule has 1 aromatic heterocycles. The first kappa shape index (κ1) is 14.2. The van der Waals surface area contributed by atoms with Crippen LogP contribution in [0.1, 0.15) is 27.0 Å². The van der Waals surface area contributed by atoms with E-state index < -0.39 is 0 Å². The molecule has 0 unspecified atom stereocenters. The summed E-state index contributed by atoms with van der Waals surface area (Å²) >= 11 is 0. The molecule has 0 bridgehead atoms. The zero-order chi connectivity index (χ0) is 15.5. The number of carbonyl (C=O) groups excluding carboxylic acids is 1. The van der Waals surface area contributed by atoms with Crippen molar-refractivity contribution in [3.05, 3.63) is 89.2 Å². The summed E-state index contributed by atoms with van der Waals surface area (Å²) in [6.45, 7) is 4.01. The Morgan fingerprint density at radius 2 is 1.59 bits per heavy atom. The topological polar surface area (TPSA) is 30.0 Å². The van der Waals surface area contributed by atoms with E-state index in [1.54, 1.807) is 12.4 Å². The Labute approximate surface area is 130 Å². The summed E-state index contributed by atoms with van der Waals surface area (Å²) in [5, 5.41) is 0. The van der Waals surface area contributed by atoms with Crippen LogP contribution in [0.5, 0.6) is 0 Å². The van der Waals surface area contributed by atoms with Gasteiger partial charge in [0.2, 0.25) is 0 Å². The summed E-state index contributed by atoms with van der Waals surface area (Å²) in [6.07, 6.45) is 3.38. The largest absolute Gasteiger partial charge is 0.289 e. The fourth-order valence-corrected chi connectivity index (χ4v) is 2.71. The van der Waals surface area contributed by atoms with Crippen LogP contribution in [0.2, 0.25) is 0 Å². The normalized spacial score (nSPS) is 10.5. The molecule has 0 saturated carbocycles. The molecule has 0 aliphatic rings. The van der Waals surface area contributed by atoms with Gasteiger partial charge in [-0.1, -0.05) is 47.5 Å². The highest BCUT2D eigenvalue weighted by Gasteiger charge is 2.15. The van der Waals surface area contributed by atoms with Gasteiger partial charge < -0.3 is 0 Å². The first-order valence-corrected chi connectivity index (χ1v) is 7.27. The first-order chi connectivity index (χ1) is 10.6. The average Bonchev–Trinajstić information content (AvgIpc) is 2.54. The van der Waals surface area contributed by atoms with E-state index in [0.717, 1.165) is 22.3 Å². The Hall–Kier alpha value is -2.74. The maximum atomic E-state index is 12.9. The van der Waals surface area contributed by atoms with Crippen molar-refractivity contribution in [3.63, 3.8) is 0 Å². The molecule has 3 rings (SSSR count). The lowest BCUT2D eigenvalue weighted by atomic mass is 9.94. The second-order valence-corrected chi connectivity index (χ2v) is 5.49. The zero-order valence-electron chi connectivity index (χ0n) is 12.7. The smallest absolute Gasteiger partial charge is 0.195 e. The number of pyridine rings is 1. The van der Waals surface area contributed by atoms with Gasteiger partial charge in [-0.25, -0.2) is 0 Å². The Morgan fingerprint density at radius 1 is 0.909 bits per heavy atom. The van der Waals surface area contributed by atoms with E-state index >= 15 is 0 Å². The molecular weight excluding hydrogens is 270 g/mol. The number of carbonyl (C=O) groups is 1. The number of ketones is 1. The molecule has 0 fully saturated rings. The van der Waals surface area contributed by atoms with Crippen molar-refractivity contribution in [2.24, 2.45) is 0 Å². The maximum Gasteiger partial charge on any atom is 0.195 e. The van der Waals surface area contributed by atoms with Gasteiger partial charge in [0, 0.05) is 23.5 Å². The third kappa shape index (κ3) is 2.82. The minimum Gasteiger partial charge on any atom is -0.289 e. The molecule has 0 spiro atoms. The SMILES string of the molecule is Cc1cc(C)cc(C(=O)c2cnccc2-c2ccccc2)c1. The second-order valence-electron chi connectivity index (χ2n) is 5.49. The Balaban J connectivity index is 2.11. The van der Waals surface area contributed by atoms with Gasteiger partial charge >= 0.3 is 0 Å². The minimum absolute atomic E-state index is 0.0127. The highest BCUT2D eigenvalue weighted by atomic mass is 16.1. The third-order valence-corrected chi connectivity index (χ3v) is 3.63. The van der Waals surface area contributed by atoms with Crippen LogP contribution in [0.15, 0.2) is 67.0 Å². The predicted molar refractivity (Wildman–Crippen MR) is 89.0 cm³/mol. The Bertz CT molecular complexity index is 802. The van der Waals surface area contributed by atoms with Crippen molar-refractivity contribution in [2.45, 2.75) is 13.8 Å². The quantitative estimate of drug-likeness (QED) is 0.659. The van der Waals surface area contributed by atoms with E-state index in [2.05, 4.69) is 11.1 Å². The lowest BCUT2D eigenvalue weighted by molar-refractivity contribution is 0.103. The predicted octanol–water partition coefficient (Wildman–Crippen LogP) is 4.60. The average molecular weight is 287 g/mol. The van der Waals surface area contributed by atoms with E-state index in [1.165, 1.54) is 0 Å². The van der Waals surface area contributed by atoms with Gasteiger partial charge in [0.15, 0.2) is 5.78 Å². The van der Waals surface area contributed by atoms with Gasteiger partial charge in [0.1, 0.15) is 0 Å². The van der Waals surface area contributed by atoms with Gasteiger partial charge in [0.05, 0.1) is 0 Å². The van der Waals surface area contributed by atoms with Gasteiger partial charge in [-0.15, -0.1) is 0 Å². The molecule has 0 N–H and O–H groups in total. The monoisotopic (exact) mass is 287 g/mol. The lowest BCUT2D eigenvalue weighted by Gasteiger charge is -2.09. The number of rotatable bonds is 3. The van der Waals surface area contributed by atoms with Crippen LogP contribution in [0.4, 0.5) is 0 Å². The molecule has 108 valence electrons. The van der Waals surface area contributed by atoms with E-state index in [0.29, 0.717) is 11.1 Å². The number of aryl methyl sites for hydroxylation is 2.